The molecule has 0 bridgehead atoms. The smallest absolute Gasteiger partial charge is 0.231 e. The van der Waals surface area contributed by atoms with Gasteiger partial charge in [0.15, 0.2) is 11.5 Å². The third-order valence-corrected chi connectivity index (χ3v) is 5.16. The van der Waals surface area contributed by atoms with Gasteiger partial charge in [0.2, 0.25) is 23.7 Å². The molecule has 2 amide bonds. The van der Waals surface area contributed by atoms with Gasteiger partial charge < -0.3 is 24.4 Å². The van der Waals surface area contributed by atoms with Crippen molar-refractivity contribution in [2.45, 2.75) is 20.3 Å². The molecule has 0 aliphatic carbocycles. The summed E-state index contributed by atoms with van der Waals surface area (Å²) in [5, 5.41) is 12.0. The molecule has 0 saturated carbocycles. The number of ether oxygens (including phenoxy) is 3. The van der Waals surface area contributed by atoms with Crippen LogP contribution in [0, 0.1) is 5.92 Å². The number of nitrogens with zero attached hydrogens (tertiary/aromatic N) is 3. The van der Waals surface area contributed by atoms with E-state index in [1.165, 1.54) is 11.3 Å². The Balaban J connectivity index is 1.56. The van der Waals surface area contributed by atoms with E-state index < -0.39 is 0 Å². The molecule has 0 radical (unpaired) electrons. The Kier molecular flexibility index (Phi) is 6.99. The molecule has 0 atom stereocenters. The van der Waals surface area contributed by atoms with E-state index in [1.54, 1.807) is 12.0 Å². The normalized spacial score (nSPS) is 12.3. The summed E-state index contributed by atoms with van der Waals surface area (Å²) in [6.07, 6.45) is 0.168. The number of carbonyl (C=O) groups is 2. The number of hydrogen-bond acceptors (Lipinski definition) is 8. The van der Waals surface area contributed by atoms with Crippen LogP contribution in [-0.4, -0.2) is 60.5 Å². The molecule has 2 heterocycles. The van der Waals surface area contributed by atoms with Crippen molar-refractivity contribution in [1.29, 1.82) is 0 Å². The molecular formula is C19H24N4O5S. The zero-order valence-corrected chi connectivity index (χ0v) is 17.5. The van der Waals surface area contributed by atoms with Gasteiger partial charge in [-0.2, -0.15) is 0 Å². The van der Waals surface area contributed by atoms with E-state index in [-0.39, 0.29) is 30.9 Å². The molecule has 1 aromatic carbocycles. The van der Waals surface area contributed by atoms with Crippen LogP contribution >= 0.6 is 11.3 Å². The molecule has 1 N–H and O–H groups in total. The second kappa shape index (κ2) is 9.66. The van der Waals surface area contributed by atoms with Gasteiger partial charge in [-0.3, -0.25) is 9.59 Å². The van der Waals surface area contributed by atoms with E-state index in [0.717, 1.165) is 5.56 Å². The molecule has 0 fully saturated rings. The Bertz CT molecular complexity index is 870. The number of amides is 2. The fourth-order valence-corrected chi connectivity index (χ4v) is 3.49. The minimum atomic E-state index is -0.225. The lowest BCUT2D eigenvalue weighted by molar-refractivity contribution is -0.135. The maximum atomic E-state index is 12.3. The fraction of sp³-hybridized carbons (Fsp3) is 0.474. The van der Waals surface area contributed by atoms with Gasteiger partial charge in [-0.15, -0.1) is 10.2 Å². The second-order valence-corrected chi connectivity index (χ2v) is 7.73. The highest BCUT2D eigenvalue weighted by molar-refractivity contribution is 7.18. The van der Waals surface area contributed by atoms with E-state index in [4.69, 9.17) is 14.2 Å². The Morgan fingerprint density at radius 1 is 1.24 bits per heavy atom. The molecule has 156 valence electrons. The van der Waals surface area contributed by atoms with Crippen LogP contribution in [0.1, 0.15) is 20.3 Å². The van der Waals surface area contributed by atoms with Gasteiger partial charge in [0.05, 0.1) is 6.61 Å². The van der Waals surface area contributed by atoms with Gasteiger partial charge in [-0.25, -0.2) is 0 Å². The number of benzene rings is 1. The third-order valence-electron chi connectivity index (χ3n) is 4.27. The Hall–Kier alpha value is -2.72. The van der Waals surface area contributed by atoms with Crippen LogP contribution < -0.4 is 14.8 Å². The third kappa shape index (κ3) is 5.42. The van der Waals surface area contributed by atoms with E-state index in [2.05, 4.69) is 15.5 Å². The summed E-state index contributed by atoms with van der Waals surface area (Å²) >= 11 is 1.27. The fourth-order valence-electron chi connectivity index (χ4n) is 2.74. The molecule has 1 aliphatic heterocycles. The molecule has 0 unspecified atom stereocenters. The molecule has 10 heteroatoms. The van der Waals surface area contributed by atoms with Crippen LogP contribution in [0.3, 0.4) is 0 Å². The second-order valence-electron chi connectivity index (χ2n) is 6.75. The first-order valence-corrected chi connectivity index (χ1v) is 10.1. The molecule has 1 aromatic heterocycles. The number of nitrogens with one attached hydrogen (secondary N) is 1. The van der Waals surface area contributed by atoms with Crippen LogP contribution in [0.2, 0.25) is 0 Å². The van der Waals surface area contributed by atoms with Crippen molar-refractivity contribution in [3.8, 4) is 22.1 Å². The number of hydrogen-bond donors (Lipinski definition) is 1. The zero-order chi connectivity index (χ0) is 20.8. The molecule has 2 aromatic rings. The Morgan fingerprint density at radius 2 is 2.03 bits per heavy atom. The highest BCUT2D eigenvalue weighted by Crippen LogP contribution is 2.37. The van der Waals surface area contributed by atoms with Crippen LogP contribution in [0.15, 0.2) is 18.2 Å². The van der Waals surface area contributed by atoms with Crippen LogP contribution in [-0.2, 0) is 14.3 Å². The summed E-state index contributed by atoms with van der Waals surface area (Å²) in [4.78, 5) is 26.2. The van der Waals surface area contributed by atoms with Crippen LogP contribution in [0.25, 0.3) is 10.6 Å². The molecule has 29 heavy (non-hydrogen) atoms. The van der Waals surface area contributed by atoms with Gasteiger partial charge in [-0.05, 0) is 18.2 Å². The largest absolute Gasteiger partial charge is 0.454 e. The Labute approximate surface area is 173 Å². The van der Waals surface area contributed by atoms with Gasteiger partial charge in [0.25, 0.3) is 0 Å². The number of fused-ring (bicyclic) bond motifs is 1. The van der Waals surface area contributed by atoms with E-state index >= 15 is 0 Å². The van der Waals surface area contributed by atoms with Crippen molar-refractivity contribution in [1.82, 2.24) is 15.1 Å². The molecule has 0 spiro atoms. The first kappa shape index (κ1) is 21.0. The van der Waals surface area contributed by atoms with Crippen molar-refractivity contribution in [2.24, 2.45) is 5.92 Å². The minimum absolute atomic E-state index is 0.00383. The highest BCUT2D eigenvalue weighted by atomic mass is 32.1. The summed E-state index contributed by atoms with van der Waals surface area (Å²) in [5.41, 5.74) is 0.834. The SMILES string of the molecule is COCCN(CCC(=O)Nc1nnc(-c2ccc3c(c2)OCO3)s1)C(=O)C(C)C. The number of carbonyl (C=O) groups excluding carboxylic acids is 2. The van der Waals surface area contributed by atoms with Crippen LogP contribution in [0.4, 0.5) is 5.13 Å². The van der Waals surface area contributed by atoms with Crippen molar-refractivity contribution in [2.75, 3.05) is 38.9 Å². The first-order valence-electron chi connectivity index (χ1n) is 9.29. The van der Waals surface area contributed by atoms with E-state index in [0.29, 0.717) is 41.3 Å². The number of anilines is 1. The molecule has 3 rings (SSSR count). The first-order chi connectivity index (χ1) is 14.0. The quantitative estimate of drug-likeness (QED) is 0.664. The molecule has 1 aliphatic rings. The lowest BCUT2D eigenvalue weighted by Crippen LogP contribution is -2.38. The molecule has 0 saturated heterocycles. The summed E-state index contributed by atoms with van der Waals surface area (Å²) in [6, 6.07) is 5.52. The van der Waals surface area contributed by atoms with Gasteiger partial charge in [0.1, 0.15) is 5.01 Å². The van der Waals surface area contributed by atoms with Gasteiger partial charge in [0, 0.05) is 38.1 Å². The number of aromatic nitrogens is 2. The predicted molar refractivity (Wildman–Crippen MR) is 108 cm³/mol. The summed E-state index contributed by atoms with van der Waals surface area (Å²) in [6.45, 7) is 5.07. The molecule has 9 nitrogen and oxygen atoms in total. The predicted octanol–water partition coefficient (Wildman–Crippen LogP) is 2.39. The van der Waals surface area contributed by atoms with E-state index in [9.17, 15) is 9.59 Å². The summed E-state index contributed by atoms with van der Waals surface area (Å²) in [7, 11) is 1.58. The average Bonchev–Trinajstić information content (AvgIpc) is 3.36. The molecular weight excluding hydrogens is 396 g/mol. The summed E-state index contributed by atoms with van der Waals surface area (Å²) in [5.74, 6) is 0.991. The number of rotatable bonds is 9. The lowest BCUT2D eigenvalue weighted by atomic mass is 10.2. The topological polar surface area (TPSA) is 103 Å². The van der Waals surface area contributed by atoms with Gasteiger partial charge in [-0.1, -0.05) is 25.2 Å². The van der Waals surface area contributed by atoms with E-state index in [1.807, 2.05) is 32.0 Å². The van der Waals surface area contributed by atoms with Crippen LogP contribution in [0.5, 0.6) is 11.5 Å². The Morgan fingerprint density at radius 3 is 2.79 bits per heavy atom. The van der Waals surface area contributed by atoms with Crippen molar-refractivity contribution >= 4 is 28.3 Å². The minimum Gasteiger partial charge on any atom is -0.454 e. The maximum absolute atomic E-state index is 12.3. The average molecular weight is 420 g/mol. The van der Waals surface area contributed by atoms with Crippen molar-refractivity contribution < 1.29 is 23.8 Å². The maximum Gasteiger partial charge on any atom is 0.231 e. The highest BCUT2D eigenvalue weighted by Gasteiger charge is 2.19. The monoisotopic (exact) mass is 420 g/mol. The number of methoxy groups -OCH3 is 1. The standard InChI is InChI=1S/C19H24N4O5S/c1-12(2)18(25)23(8-9-26-3)7-6-16(24)20-19-22-21-17(29-19)13-4-5-14-15(10-13)28-11-27-14/h4-5,10,12H,6-9,11H2,1-3H3,(H,20,22,24). The zero-order valence-electron chi connectivity index (χ0n) is 16.6. The van der Waals surface area contributed by atoms with Crippen molar-refractivity contribution in [3.63, 3.8) is 0 Å². The lowest BCUT2D eigenvalue weighted by Gasteiger charge is -2.23. The summed E-state index contributed by atoms with van der Waals surface area (Å²) < 4.78 is 15.7. The van der Waals surface area contributed by atoms with Gasteiger partial charge >= 0.3 is 0 Å². The van der Waals surface area contributed by atoms with Crippen molar-refractivity contribution in [3.05, 3.63) is 18.2 Å².